The van der Waals surface area contributed by atoms with Crippen LogP contribution in [0.4, 0.5) is 5.69 Å². The van der Waals surface area contributed by atoms with Gasteiger partial charge in [-0.2, -0.15) is 5.26 Å². The monoisotopic (exact) mass is 361 g/mol. The first-order valence-electron chi connectivity index (χ1n) is 9.17. The Morgan fingerprint density at radius 2 is 1.67 bits per heavy atom. The van der Waals surface area contributed by atoms with Gasteiger partial charge in [0.25, 0.3) is 11.8 Å². The first kappa shape index (κ1) is 18.7. The lowest BCUT2D eigenvalue weighted by molar-refractivity contribution is 0.0624. The SMILES string of the molecule is CC1CC(C)CN(C(=O)c2ccccc2NC(=O)c2ccc(C#N)cc2)C1. The molecule has 5 heteroatoms. The Bertz CT molecular complexity index is 873. The Morgan fingerprint density at radius 3 is 2.30 bits per heavy atom. The van der Waals surface area contributed by atoms with Gasteiger partial charge in [-0.3, -0.25) is 9.59 Å². The number of nitriles is 1. The largest absolute Gasteiger partial charge is 0.338 e. The van der Waals surface area contributed by atoms with E-state index in [1.54, 1.807) is 48.5 Å². The third kappa shape index (κ3) is 4.35. The van der Waals surface area contributed by atoms with E-state index in [-0.39, 0.29) is 11.8 Å². The predicted molar refractivity (Wildman–Crippen MR) is 104 cm³/mol. The van der Waals surface area contributed by atoms with Gasteiger partial charge in [-0.25, -0.2) is 0 Å². The van der Waals surface area contributed by atoms with Crippen molar-refractivity contribution in [2.75, 3.05) is 18.4 Å². The molecule has 0 radical (unpaired) electrons. The number of nitrogens with zero attached hydrogens (tertiary/aromatic N) is 2. The van der Waals surface area contributed by atoms with Gasteiger partial charge in [0, 0.05) is 18.7 Å². The van der Waals surface area contributed by atoms with Crippen LogP contribution >= 0.6 is 0 Å². The van der Waals surface area contributed by atoms with E-state index in [0.717, 1.165) is 19.5 Å². The van der Waals surface area contributed by atoms with Crippen LogP contribution in [0, 0.1) is 23.2 Å². The molecule has 138 valence electrons. The topological polar surface area (TPSA) is 73.2 Å². The number of anilines is 1. The van der Waals surface area contributed by atoms with Gasteiger partial charge < -0.3 is 10.2 Å². The highest BCUT2D eigenvalue weighted by atomic mass is 16.2. The smallest absolute Gasteiger partial charge is 0.255 e. The second-order valence-corrected chi connectivity index (χ2v) is 7.35. The third-order valence-electron chi connectivity index (χ3n) is 4.84. The molecule has 1 aliphatic rings. The molecule has 1 aliphatic heterocycles. The van der Waals surface area contributed by atoms with Gasteiger partial charge in [-0.05, 0) is 54.7 Å². The van der Waals surface area contributed by atoms with E-state index in [1.807, 2.05) is 11.0 Å². The quantitative estimate of drug-likeness (QED) is 0.900. The molecule has 3 rings (SSSR count). The summed E-state index contributed by atoms with van der Waals surface area (Å²) < 4.78 is 0. The van der Waals surface area contributed by atoms with Gasteiger partial charge in [-0.15, -0.1) is 0 Å². The van der Waals surface area contributed by atoms with Gasteiger partial charge >= 0.3 is 0 Å². The summed E-state index contributed by atoms with van der Waals surface area (Å²) >= 11 is 0. The Morgan fingerprint density at radius 1 is 1.04 bits per heavy atom. The van der Waals surface area contributed by atoms with Crippen LogP contribution in [0.3, 0.4) is 0 Å². The molecule has 1 N–H and O–H groups in total. The van der Waals surface area contributed by atoms with Crippen molar-refractivity contribution in [3.05, 3.63) is 65.2 Å². The zero-order valence-electron chi connectivity index (χ0n) is 15.6. The summed E-state index contributed by atoms with van der Waals surface area (Å²) in [6.45, 7) is 5.80. The van der Waals surface area contributed by atoms with Crippen molar-refractivity contribution < 1.29 is 9.59 Å². The highest BCUT2D eigenvalue weighted by Crippen LogP contribution is 2.25. The number of likely N-dealkylation sites (tertiary alicyclic amines) is 1. The van der Waals surface area contributed by atoms with Gasteiger partial charge in [0.05, 0.1) is 22.9 Å². The zero-order chi connectivity index (χ0) is 19.4. The van der Waals surface area contributed by atoms with Gasteiger partial charge in [-0.1, -0.05) is 26.0 Å². The minimum absolute atomic E-state index is 0.0517. The molecule has 2 aromatic carbocycles. The molecule has 1 heterocycles. The normalized spacial score (nSPS) is 19.2. The summed E-state index contributed by atoms with van der Waals surface area (Å²) in [5.41, 5.74) is 1.94. The summed E-state index contributed by atoms with van der Waals surface area (Å²) in [7, 11) is 0. The van der Waals surface area contributed by atoms with Crippen molar-refractivity contribution in [3.8, 4) is 6.07 Å². The molecule has 2 unspecified atom stereocenters. The second-order valence-electron chi connectivity index (χ2n) is 7.35. The van der Waals surface area contributed by atoms with Crippen LogP contribution in [0.25, 0.3) is 0 Å². The molecular weight excluding hydrogens is 338 g/mol. The molecular formula is C22H23N3O2. The fourth-order valence-corrected chi connectivity index (χ4v) is 3.67. The van der Waals surface area contributed by atoms with Crippen LogP contribution < -0.4 is 5.32 Å². The molecule has 2 amide bonds. The average Bonchev–Trinajstić information content (AvgIpc) is 2.67. The lowest BCUT2D eigenvalue weighted by Gasteiger charge is -2.35. The first-order chi connectivity index (χ1) is 13.0. The first-order valence-corrected chi connectivity index (χ1v) is 9.17. The highest BCUT2D eigenvalue weighted by molar-refractivity contribution is 6.09. The van der Waals surface area contributed by atoms with Crippen LogP contribution in [0.2, 0.25) is 0 Å². The van der Waals surface area contributed by atoms with Crippen LogP contribution in [-0.4, -0.2) is 29.8 Å². The lowest BCUT2D eigenvalue weighted by Crippen LogP contribution is -2.42. The molecule has 1 fully saturated rings. The summed E-state index contributed by atoms with van der Waals surface area (Å²) in [6.07, 6.45) is 1.13. The van der Waals surface area contributed by atoms with E-state index >= 15 is 0 Å². The Kier molecular flexibility index (Phi) is 5.56. The Balaban J connectivity index is 1.80. The van der Waals surface area contributed by atoms with Gasteiger partial charge in [0.15, 0.2) is 0 Å². The number of carbonyl (C=O) groups is 2. The maximum Gasteiger partial charge on any atom is 0.255 e. The Labute approximate surface area is 159 Å². The van der Waals surface area contributed by atoms with Crippen LogP contribution in [0.1, 0.15) is 46.5 Å². The summed E-state index contributed by atoms with van der Waals surface area (Å²) in [6, 6.07) is 15.5. The van der Waals surface area contributed by atoms with Crippen molar-refractivity contribution in [1.82, 2.24) is 4.90 Å². The molecule has 0 aromatic heterocycles. The van der Waals surface area contributed by atoms with E-state index in [0.29, 0.717) is 34.2 Å². The van der Waals surface area contributed by atoms with Crippen LogP contribution in [-0.2, 0) is 0 Å². The molecule has 1 saturated heterocycles. The lowest BCUT2D eigenvalue weighted by atomic mass is 9.91. The highest BCUT2D eigenvalue weighted by Gasteiger charge is 2.27. The molecule has 0 bridgehead atoms. The van der Waals surface area contributed by atoms with Gasteiger partial charge in [0.2, 0.25) is 0 Å². The van der Waals surface area contributed by atoms with E-state index in [4.69, 9.17) is 5.26 Å². The zero-order valence-corrected chi connectivity index (χ0v) is 15.6. The second kappa shape index (κ2) is 8.05. The van der Waals surface area contributed by atoms with Crippen molar-refractivity contribution in [1.29, 1.82) is 5.26 Å². The Hall–Kier alpha value is -3.13. The fourth-order valence-electron chi connectivity index (χ4n) is 3.67. The number of carbonyl (C=O) groups excluding carboxylic acids is 2. The number of nitrogens with one attached hydrogen (secondary N) is 1. The summed E-state index contributed by atoms with van der Waals surface area (Å²) in [5, 5.41) is 11.7. The van der Waals surface area contributed by atoms with Crippen molar-refractivity contribution >= 4 is 17.5 Å². The van der Waals surface area contributed by atoms with Crippen molar-refractivity contribution in [2.45, 2.75) is 20.3 Å². The predicted octanol–water partition coefficient (Wildman–Crippen LogP) is 3.93. The summed E-state index contributed by atoms with van der Waals surface area (Å²) in [4.78, 5) is 27.5. The minimum atomic E-state index is -0.305. The van der Waals surface area contributed by atoms with Crippen molar-refractivity contribution in [3.63, 3.8) is 0 Å². The van der Waals surface area contributed by atoms with Crippen LogP contribution in [0.15, 0.2) is 48.5 Å². The standard InChI is InChI=1S/C22H23N3O2/c1-15-11-16(2)14-25(13-15)22(27)19-5-3-4-6-20(19)24-21(26)18-9-7-17(12-23)8-10-18/h3-10,15-16H,11,13-14H2,1-2H3,(H,24,26). The number of piperidine rings is 1. The average molecular weight is 361 g/mol. The van der Waals surface area contributed by atoms with E-state index in [2.05, 4.69) is 19.2 Å². The number of amides is 2. The number of hydrogen-bond donors (Lipinski definition) is 1. The maximum atomic E-state index is 13.1. The molecule has 0 aliphatic carbocycles. The maximum absolute atomic E-state index is 13.1. The number of benzene rings is 2. The molecule has 2 aromatic rings. The van der Waals surface area contributed by atoms with Crippen LogP contribution in [0.5, 0.6) is 0 Å². The fraction of sp³-hybridized carbons (Fsp3) is 0.318. The van der Waals surface area contributed by atoms with Crippen molar-refractivity contribution in [2.24, 2.45) is 11.8 Å². The van der Waals surface area contributed by atoms with Gasteiger partial charge in [0.1, 0.15) is 0 Å². The summed E-state index contributed by atoms with van der Waals surface area (Å²) in [5.74, 6) is 0.584. The molecule has 0 spiro atoms. The van der Waals surface area contributed by atoms with E-state index in [9.17, 15) is 9.59 Å². The number of para-hydroxylation sites is 1. The molecule has 2 atom stereocenters. The minimum Gasteiger partial charge on any atom is -0.338 e. The number of rotatable bonds is 3. The number of hydrogen-bond acceptors (Lipinski definition) is 3. The van der Waals surface area contributed by atoms with E-state index < -0.39 is 0 Å². The van der Waals surface area contributed by atoms with E-state index in [1.165, 1.54) is 0 Å². The molecule has 5 nitrogen and oxygen atoms in total. The molecule has 0 saturated carbocycles. The molecule has 27 heavy (non-hydrogen) atoms. The third-order valence-corrected chi connectivity index (χ3v) is 4.84.